The van der Waals surface area contributed by atoms with E-state index in [0.717, 1.165) is 13.3 Å². The number of carbonyl (C=O) groups excluding carboxylic acids is 1. The third kappa shape index (κ3) is 3.38. The van der Waals surface area contributed by atoms with E-state index >= 15 is 0 Å². The zero-order valence-corrected chi connectivity index (χ0v) is 12.1. The van der Waals surface area contributed by atoms with Gasteiger partial charge in [-0.25, -0.2) is 4.79 Å². The number of aromatic nitrogens is 1. The molecule has 122 valence electrons. The van der Waals surface area contributed by atoms with Gasteiger partial charge in [0.1, 0.15) is 11.7 Å². The van der Waals surface area contributed by atoms with Crippen LogP contribution in [-0.2, 0) is 9.53 Å². The fraction of sp³-hybridized carbons (Fsp3) is 0.267. The van der Waals surface area contributed by atoms with E-state index in [4.69, 9.17) is 5.11 Å². The van der Waals surface area contributed by atoms with Crippen LogP contribution < -0.4 is 5.43 Å². The molecule has 2 unspecified atom stereocenters. The highest BCUT2D eigenvalue weighted by atomic mass is 16.5. The number of nitrogens with one attached hydrogen (secondary N) is 1. The first-order valence-electron chi connectivity index (χ1n) is 6.66. The second kappa shape index (κ2) is 6.59. The number of hydrogen-bond donors (Lipinski definition) is 4. The van der Waals surface area contributed by atoms with E-state index in [-0.39, 0.29) is 10.9 Å². The molecule has 4 N–H and O–H groups in total. The molecule has 2 aromatic rings. The lowest BCUT2D eigenvalue weighted by Gasteiger charge is -2.17. The highest BCUT2D eigenvalue weighted by Gasteiger charge is 2.22. The van der Waals surface area contributed by atoms with Crippen molar-refractivity contribution in [3.05, 3.63) is 45.7 Å². The number of aromatic amines is 1. The Morgan fingerprint density at radius 2 is 2.00 bits per heavy atom. The van der Waals surface area contributed by atoms with Crippen molar-refractivity contribution in [1.29, 1.82) is 0 Å². The van der Waals surface area contributed by atoms with Crippen LogP contribution in [0.5, 0.6) is 0 Å². The molecule has 0 aliphatic carbocycles. The highest BCUT2D eigenvalue weighted by Crippen LogP contribution is 2.22. The van der Waals surface area contributed by atoms with Crippen LogP contribution in [0.1, 0.15) is 28.4 Å². The van der Waals surface area contributed by atoms with Gasteiger partial charge in [-0.2, -0.15) is 0 Å². The number of carboxylic acids is 1. The fourth-order valence-electron chi connectivity index (χ4n) is 2.17. The van der Waals surface area contributed by atoms with E-state index in [0.29, 0.717) is 5.52 Å². The molecular weight excluding hydrogens is 306 g/mol. The summed E-state index contributed by atoms with van der Waals surface area (Å²) in [6.07, 6.45) is -2.16. The van der Waals surface area contributed by atoms with Crippen LogP contribution in [0, 0.1) is 0 Å². The minimum absolute atomic E-state index is 0.0618. The Hall–Kier alpha value is -2.71. The monoisotopic (exact) mass is 321 g/mol. The molecule has 0 bridgehead atoms. The lowest BCUT2D eigenvalue weighted by molar-refractivity contribution is -0.144. The summed E-state index contributed by atoms with van der Waals surface area (Å²) in [5.74, 6) is -2.06. The van der Waals surface area contributed by atoms with Gasteiger partial charge in [0, 0.05) is 17.1 Å². The third-order valence-corrected chi connectivity index (χ3v) is 3.44. The van der Waals surface area contributed by atoms with Crippen molar-refractivity contribution in [2.75, 3.05) is 7.11 Å². The standard InChI is InChI=1S/C15H15NO7/c1-23-12(18)5-11(17)13(19)7-2-3-10-8(4-7)14(20)9(6-16-10)15(21)22/h2-4,6,11,13,17,19H,5H2,1H3,(H,16,20)(H,21,22). The minimum Gasteiger partial charge on any atom is -0.477 e. The number of carbonyl (C=O) groups is 2. The van der Waals surface area contributed by atoms with E-state index < -0.39 is 41.6 Å². The Balaban J connectivity index is 2.42. The molecule has 1 heterocycles. The van der Waals surface area contributed by atoms with Crippen molar-refractivity contribution in [3.8, 4) is 0 Å². The van der Waals surface area contributed by atoms with Crippen molar-refractivity contribution in [2.45, 2.75) is 18.6 Å². The molecule has 23 heavy (non-hydrogen) atoms. The summed E-state index contributed by atoms with van der Waals surface area (Å²) >= 11 is 0. The Morgan fingerprint density at radius 1 is 1.30 bits per heavy atom. The number of rotatable bonds is 5. The Morgan fingerprint density at radius 3 is 2.61 bits per heavy atom. The van der Waals surface area contributed by atoms with Crippen molar-refractivity contribution in [3.63, 3.8) is 0 Å². The number of aromatic carboxylic acids is 1. The molecule has 0 amide bonds. The third-order valence-electron chi connectivity index (χ3n) is 3.44. The molecule has 0 saturated carbocycles. The lowest BCUT2D eigenvalue weighted by Crippen LogP contribution is -2.23. The molecule has 0 spiro atoms. The largest absolute Gasteiger partial charge is 0.477 e. The Labute approximate surface area is 130 Å². The molecule has 2 atom stereocenters. The Kier molecular flexibility index (Phi) is 4.77. The number of carboxylic acid groups (broad SMARTS) is 1. The molecule has 0 aliphatic heterocycles. The molecule has 0 radical (unpaired) electrons. The van der Waals surface area contributed by atoms with Crippen LogP contribution in [0.2, 0.25) is 0 Å². The van der Waals surface area contributed by atoms with Crippen molar-refractivity contribution in [1.82, 2.24) is 4.98 Å². The number of benzene rings is 1. The van der Waals surface area contributed by atoms with Crippen LogP contribution in [0.15, 0.2) is 29.2 Å². The summed E-state index contributed by atoms with van der Waals surface area (Å²) in [5.41, 5.74) is -0.567. The number of hydrogen-bond acceptors (Lipinski definition) is 6. The van der Waals surface area contributed by atoms with Gasteiger partial charge < -0.3 is 25.0 Å². The van der Waals surface area contributed by atoms with Gasteiger partial charge in [-0.3, -0.25) is 9.59 Å². The van der Waals surface area contributed by atoms with Gasteiger partial charge in [-0.05, 0) is 17.7 Å². The first kappa shape index (κ1) is 16.7. The average Bonchev–Trinajstić information content (AvgIpc) is 2.53. The molecule has 0 aliphatic rings. The number of H-pyrrole nitrogens is 1. The number of aliphatic hydroxyl groups is 2. The number of esters is 1. The minimum atomic E-state index is -1.42. The first-order chi connectivity index (χ1) is 10.8. The maximum absolute atomic E-state index is 12.1. The molecule has 0 saturated heterocycles. The molecule has 1 aromatic carbocycles. The quantitative estimate of drug-likeness (QED) is 0.577. The van der Waals surface area contributed by atoms with Crippen molar-refractivity contribution in [2.24, 2.45) is 0 Å². The highest BCUT2D eigenvalue weighted by molar-refractivity contribution is 5.92. The summed E-state index contributed by atoms with van der Waals surface area (Å²) in [4.78, 5) is 36.9. The molecular formula is C15H15NO7. The number of methoxy groups -OCH3 is 1. The summed E-state index contributed by atoms with van der Waals surface area (Å²) in [6.45, 7) is 0. The predicted molar refractivity (Wildman–Crippen MR) is 79.1 cm³/mol. The topological polar surface area (TPSA) is 137 Å². The van der Waals surface area contributed by atoms with Gasteiger partial charge in [0.25, 0.3) is 0 Å². The van der Waals surface area contributed by atoms with Gasteiger partial charge >= 0.3 is 11.9 Å². The van der Waals surface area contributed by atoms with Gasteiger partial charge in [0.15, 0.2) is 0 Å². The van der Waals surface area contributed by atoms with E-state index in [1.807, 2.05) is 0 Å². The van der Waals surface area contributed by atoms with Gasteiger partial charge in [-0.1, -0.05) is 6.07 Å². The second-order valence-electron chi connectivity index (χ2n) is 4.93. The van der Waals surface area contributed by atoms with Crippen LogP contribution in [0.4, 0.5) is 0 Å². The van der Waals surface area contributed by atoms with Crippen LogP contribution in [0.25, 0.3) is 10.9 Å². The molecule has 0 fully saturated rings. The molecule has 8 heteroatoms. The number of aliphatic hydroxyl groups excluding tert-OH is 2. The van der Waals surface area contributed by atoms with E-state index in [1.54, 1.807) is 0 Å². The van der Waals surface area contributed by atoms with E-state index in [1.165, 1.54) is 18.2 Å². The summed E-state index contributed by atoms with van der Waals surface area (Å²) in [7, 11) is 1.16. The van der Waals surface area contributed by atoms with E-state index in [2.05, 4.69) is 9.72 Å². The lowest BCUT2D eigenvalue weighted by atomic mass is 9.99. The average molecular weight is 321 g/mol. The SMILES string of the molecule is COC(=O)CC(O)C(O)c1ccc2[nH]cc(C(=O)O)c(=O)c2c1. The fourth-order valence-corrected chi connectivity index (χ4v) is 2.17. The van der Waals surface area contributed by atoms with Gasteiger partial charge in [-0.15, -0.1) is 0 Å². The summed E-state index contributed by atoms with van der Waals surface area (Å²) in [5, 5.41) is 28.9. The first-order valence-corrected chi connectivity index (χ1v) is 6.66. The summed E-state index contributed by atoms with van der Waals surface area (Å²) < 4.78 is 4.41. The molecule has 1 aromatic heterocycles. The van der Waals surface area contributed by atoms with E-state index in [9.17, 15) is 24.6 Å². The van der Waals surface area contributed by atoms with Gasteiger partial charge in [0.05, 0.1) is 19.6 Å². The van der Waals surface area contributed by atoms with Crippen LogP contribution in [0.3, 0.4) is 0 Å². The zero-order chi connectivity index (χ0) is 17.1. The van der Waals surface area contributed by atoms with Crippen LogP contribution >= 0.6 is 0 Å². The normalized spacial score (nSPS) is 13.5. The van der Waals surface area contributed by atoms with Gasteiger partial charge in [0.2, 0.25) is 5.43 Å². The second-order valence-corrected chi connectivity index (χ2v) is 4.93. The number of fused-ring (bicyclic) bond motifs is 1. The van der Waals surface area contributed by atoms with Crippen molar-refractivity contribution >= 4 is 22.8 Å². The smallest absolute Gasteiger partial charge is 0.341 e. The number of pyridine rings is 1. The summed E-state index contributed by atoms with van der Waals surface area (Å²) in [6, 6.07) is 4.22. The maximum atomic E-state index is 12.1. The zero-order valence-electron chi connectivity index (χ0n) is 12.1. The number of ether oxygens (including phenoxy) is 1. The Bertz CT molecular complexity index is 811. The molecule has 8 nitrogen and oxygen atoms in total. The molecule has 2 rings (SSSR count). The van der Waals surface area contributed by atoms with Crippen LogP contribution in [-0.4, -0.2) is 45.5 Å². The predicted octanol–water partition coefficient (Wildman–Crippen LogP) is 0.184. The van der Waals surface area contributed by atoms with Crippen molar-refractivity contribution < 1.29 is 29.6 Å². The maximum Gasteiger partial charge on any atom is 0.341 e.